The fraction of sp³-hybridized carbons (Fsp3) is 0.250. The summed E-state index contributed by atoms with van der Waals surface area (Å²) in [7, 11) is 1.44. The summed E-state index contributed by atoms with van der Waals surface area (Å²) >= 11 is 0. The van der Waals surface area contributed by atoms with Crippen LogP contribution in [0.2, 0.25) is 0 Å². The molecule has 0 saturated heterocycles. The molecule has 0 amide bonds. The molecule has 1 aromatic heterocycles. The zero-order valence-corrected chi connectivity index (χ0v) is 10.1. The lowest BCUT2D eigenvalue weighted by molar-refractivity contribution is -0.132. The van der Waals surface area contributed by atoms with Gasteiger partial charge in [-0.25, -0.2) is 9.78 Å². The number of ether oxygens (including phenoxy) is 2. The average Bonchev–Trinajstić information content (AvgIpc) is 2.28. The Balaban J connectivity index is 2.73. The first-order valence-electron chi connectivity index (χ1n) is 5.19. The van der Waals surface area contributed by atoms with Gasteiger partial charge in [0.25, 0.3) is 0 Å². The second kappa shape index (κ2) is 4.48. The van der Waals surface area contributed by atoms with Crippen molar-refractivity contribution in [2.24, 2.45) is 0 Å². The minimum atomic E-state index is -0.534. The molecule has 0 radical (unpaired) electrons. The lowest BCUT2D eigenvalue weighted by Crippen LogP contribution is -2.07. The monoisotopic (exact) mass is 249 g/mol. The van der Waals surface area contributed by atoms with Gasteiger partial charge in [-0.1, -0.05) is 0 Å². The van der Waals surface area contributed by atoms with Crippen molar-refractivity contribution in [3.63, 3.8) is 0 Å². The van der Waals surface area contributed by atoms with E-state index in [1.165, 1.54) is 26.2 Å². The van der Waals surface area contributed by atoms with Crippen molar-refractivity contribution in [1.29, 1.82) is 0 Å². The maximum absolute atomic E-state index is 11.6. The average molecular weight is 249 g/mol. The summed E-state index contributed by atoms with van der Waals surface area (Å²) in [6.07, 6.45) is 0. The van der Waals surface area contributed by atoms with Crippen LogP contribution in [0.1, 0.15) is 12.8 Å². The Bertz CT molecular complexity index is 674. The van der Waals surface area contributed by atoms with Crippen LogP contribution in [-0.4, -0.2) is 18.1 Å². The van der Waals surface area contributed by atoms with E-state index in [1.807, 2.05) is 0 Å². The lowest BCUT2D eigenvalue weighted by Gasteiger charge is -2.08. The predicted molar refractivity (Wildman–Crippen MR) is 62.9 cm³/mol. The van der Waals surface area contributed by atoms with Crippen LogP contribution >= 0.6 is 0 Å². The third-order valence-corrected chi connectivity index (χ3v) is 2.27. The maximum atomic E-state index is 11.6. The van der Waals surface area contributed by atoms with Gasteiger partial charge >= 0.3 is 11.6 Å². The van der Waals surface area contributed by atoms with Gasteiger partial charge < -0.3 is 13.9 Å². The van der Waals surface area contributed by atoms with E-state index in [0.717, 1.165) is 0 Å². The molecule has 0 atom stereocenters. The highest BCUT2D eigenvalue weighted by atomic mass is 16.6. The number of hydrogen-bond acceptors (Lipinski definition) is 6. The fourth-order valence-electron chi connectivity index (χ4n) is 1.58. The molecule has 18 heavy (non-hydrogen) atoms. The van der Waals surface area contributed by atoms with E-state index >= 15 is 0 Å². The largest absolute Gasteiger partial charge is 0.493 e. The zero-order chi connectivity index (χ0) is 13.3. The predicted octanol–water partition coefficient (Wildman–Crippen LogP) is 1.43. The van der Waals surface area contributed by atoms with Crippen molar-refractivity contribution >= 4 is 16.9 Å². The maximum Gasteiger partial charge on any atom is 0.346 e. The van der Waals surface area contributed by atoms with Gasteiger partial charge in [0.05, 0.1) is 18.0 Å². The second-order valence-corrected chi connectivity index (χ2v) is 3.63. The Morgan fingerprint density at radius 1 is 1.33 bits per heavy atom. The van der Waals surface area contributed by atoms with Gasteiger partial charge in [0.15, 0.2) is 17.4 Å². The summed E-state index contributed by atoms with van der Waals surface area (Å²) in [6.45, 7) is 2.84. The molecule has 0 aliphatic heterocycles. The molecule has 1 heterocycles. The molecule has 0 spiro atoms. The minimum Gasteiger partial charge on any atom is -0.493 e. The molecule has 0 fully saturated rings. The Hall–Kier alpha value is -2.37. The number of rotatable bonds is 2. The molecule has 2 aromatic rings. The molecule has 2 rings (SSSR count). The Labute approximate surface area is 102 Å². The van der Waals surface area contributed by atoms with Crippen LogP contribution in [0.3, 0.4) is 0 Å². The van der Waals surface area contributed by atoms with Crippen molar-refractivity contribution in [1.82, 2.24) is 4.98 Å². The number of hydrogen-bond donors (Lipinski definition) is 0. The minimum absolute atomic E-state index is 0.162. The molecule has 6 heteroatoms. The summed E-state index contributed by atoms with van der Waals surface area (Å²) in [5.41, 5.74) is -0.106. The summed E-state index contributed by atoms with van der Waals surface area (Å²) in [6, 6.07) is 2.91. The highest BCUT2D eigenvalue weighted by Gasteiger charge is 2.13. The number of methoxy groups -OCH3 is 1. The molecule has 6 nitrogen and oxygen atoms in total. The van der Waals surface area contributed by atoms with Crippen LogP contribution in [0.4, 0.5) is 0 Å². The van der Waals surface area contributed by atoms with Gasteiger partial charge in [-0.05, 0) is 0 Å². The number of benzene rings is 1. The van der Waals surface area contributed by atoms with E-state index in [9.17, 15) is 9.59 Å². The van der Waals surface area contributed by atoms with Crippen molar-refractivity contribution in [2.45, 2.75) is 13.8 Å². The molecule has 0 bridgehead atoms. The highest BCUT2D eigenvalue weighted by Crippen LogP contribution is 2.30. The van der Waals surface area contributed by atoms with Crippen molar-refractivity contribution in [3.05, 3.63) is 28.4 Å². The number of esters is 1. The van der Waals surface area contributed by atoms with Gasteiger partial charge in [-0.2, -0.15) is 0 Å². The molecule has 0 unspecified atom stereocenters. The molecule has 1 aromatic carbocycles. The van der Waals surface area contributed by atoms with Gasteiger partial charge in [0.2, 0.25) is 0 Å². The second-order valence-electron chi connectivity index (χ2n) is 3.63. The van der Waals surface area contributed by atoms with E-state index in [4.69, 9.17) is 13.9 Å². The van der Waals surface area contributed by atoms with E-state index in [2.05, 4.69) is 4.98 Å². The van der Waals surface area contributed by atoms with Crippen molar-refractivity contribution in [2.75, 3.05) is 7.11 Å². The molecule has 0 aliphatic carbocycles. The number of aromatic nitrogens is 1. The lowest BCUT2D eigenvalue weighted by atomic mass is 10.2. The van der Waals surface area contributed by atoms with E-state index < -0.39 is 11.6 Å². The molecular formula is C12H11NO5. The number of nitrogens with zero attached hydrogens (tertiary/aromatic N) is 1. The molecule has 0 aliphatic rings. The Kier molecular flexibility index (Phi) is 3.01. The van der Waals surface area contributed by atoms with Crippen LogP contribution < -0.4 is 15.1 Å². The summed E-state index contributed by atoms with van der Waals surface area (Å²) in [5.74, 6) is 0.248. The number of carbonyl (C=O) groups excluding carboxylic acids is 1. The molecular weight excluding hydrogens is 238 g/mol. The SMILES string of the molecule is COc1cc2nc(C)oc(=O)c2cc1OC(C)=O. The van der Waals surface area contributed by atoms with Crippen molar-refractivity contribution < 1.29 is 18.7 Å². The summed E-state index contributed by atoms with van der Waals surface area (Å²) in [5, 5.41) is 0.234. The molecule has 0 saturated carbocycles. The topological polar surface area (TPSA) is 78.6 Å². The number of fused-ring (bicyclic) bond motifs is 1. The van der Waals surface area contributed by atoms with Gasteiger partial charge in [0.1, 0.15) is 0 Å². The van der Waals surface area contributed by atoms with Crippen LogP contribution in [0.5, 0.6) is 11.5 Å². The zero-order valence-electron chi connectivity index (χ0n) is 10.1. The molecule has 0 N–H and O–H groups in total. The highest BCUT2D eigenvalue weighted by molar-refractivity contribution is 5.83. The van der Waals surface area contributed by atoms with E-state index in [-0.39, 0.29) is 17.0 Å². The quantitative estimate of drug-likeness (QED) is 0.591. The van der Waals surface area contributed by atoms with Crippen LogP contribution in [0.25, 0.3) is 10.9 Å². The third kappa shape index (κ3) is 2.17. The standard InChI is InChI=1S/C12H11NO5/c1-6-13-9-5-10(16-3)11(18-7(2)14)4-8(9)12(15)17-6/h4-5H,1-3H3. The smallest absolute Gasteiger partial charge is 0.346 e. The van der Waals surface area contributed by atoms with Crippen molar-refractivity contribution in [3.8, 4) is 11.5 Å². The first kappa shape index (κ1) is 12.1. The van der Waals surface area contributed by atoms with Gasteiger partial charge in [-0.15, -0.1) is 0 Å². The first-order valence-corrected chi connectivity index (χ1v) is 5.19. The summed E-state index contributed by atoms with van der Waals surface area (Å²) in [4.78, 5) is 26.7. The molecule has 94 valence electrons. The van der Waals surface area contributed by atoms with Gasteiger partial charge in [0, 0.05) is 26.0 Å². The Morgan fingerprint density at radius 2 is 2.06 bits per heavy atom. The van der Waals surface area contributed by atoms with Gasteiger partial charge in [-0.3, -0.25) is 4.79 Å². The van der Waals surface area contributed by atoms with E-state index in [1.54, 1.807) is 6.92 Å². The summed E-state index contributed by atoms with van der Waals surface area (Å²) < 4.78 is 14.9. The van der Waals surface area contributed by atoms with Crippen LogP contribution in [0, 0.1) is 6.92 Å². The first-order chi connectivity index (χ1) is 8.51. The normalized spacial score (nSPS) is 10.4. The van der Waals surface area contributed by atoms with Crippen LogP contribution in [-0.2, 0) is 4.79 Å². The van der Waals surface area contributed by atoms with Crippen LogP contribution in [0.15, 0.2) is 21.3 Å². The third-order valence-electron chi connectivity index (χ3n) is 2.27. The fourth-order valence-corrected chi connectivity index (χ4v) is 1.58. The Morgan fingerprint density at radius 3 is 2.67 bits per heavy atom. The van der Waals surface area contributed by atoms with E-state index in [0.29, 0.717) is 11.3 Å². The number of carbonyl (C=O) groups is 1. The number of aryl methyl sites for hydroxylation is 1.